The average Bonchev–Trinajstić information content (AvgIpc) is 2.33. The molecule has 1 rings (SSSR count). The smallest absolute Gasteiger partial charge is 0.137 e. The van der Waals surface area contributed by atoms with Gasteiger partial charge in [-0.15, -0.1) is 0 Å². The van der Waals surface area contributed by atoms with Gasteiger partial charge >= 0.3 is 0 Å². The molecule has 1 aromatic rings. The topological polar surface area (TPSA) is 35.2 Å². The van der Waals surface area contributed by atoms with Crippen LogP contribution in [-0.2, 0) is 6.42 Å². The van der Waals surface area contributed by atoms with Crippen LogP contribution >= 0.6 is 11.6 Å². The zero-order chi connectivity index (χ0) is 12.7. The number of rotatable bonds is 7. The van der Waals surface area contributed by atoms with Crippen LogP contribution in [0.15, 0.2) is 18.2 Å². The molecule has 2 N–H and O–H groups in total. The Labute approximate surface area is 109 Å². The fourth-order valence-corrected chi connectivity index (χ4v) is 1.97. The van der Waals surface area contributed by atoms with Gasteiger partial charge in [-0.25, -0.2) is 0 Å². The predicted octanol–water partition coefficient (Wildman–Crippen LogP) is 3.66. The molecule has 0 aromatic heterocycles. The molecule has 0 aliphatic heterocycles. The molecule has 0 amide bonds. The van der Waals surface area contributed by atoms with Gasteiger partial charge in [-0.05, 0) is 36.6 Å². The van der Waals surface area contributed by atoms with Crippen LogP contribution in [0.4, 0.5) is 0 Å². The quantitative estimate of drug-likeness (QED) is 0.807. The van der Waals surface area contributed by atoms with Crippen LogP contribution in [-0.4, -0.2) is 13.2 Å². The molecule has 0 aliphatic rings. The molecule has 0 aliphatic carbocycles. The largest absolute Gasteiger partial charge is 0.492 e. The van der Waals surface area contributed by atoms with Crippen molar-refractivity contribution in [2.24, 2.45) is 11.7 Å². The third-order valence-electron chi connectivity index (χ3n) is 3.06. The van der Waals surface area contributed by atoms with Crippen LogP contribution in [0, 0.1) is 5.92 Å². The molecular weight excluding hydrogens is 234 g/mol. The number of hydrogen-bond acceptors (Lipinski definition) is 2. The highest BCUT2D eigenvalue weighted by Gasteiger charge is 2.07. The van der Waals surface area contributed by atoms with Crippen LogP contribution in [0.5, 0.6) is 5.75 Å². The predicted molar refractivity (Wildman–Crippen MR) is 73.8 cm³/mol. The van der Waals surface area contributed by atoms with E-state index in [9.17, 15) is 0 Å². The Morgan fingerprint density at radius 1 is 1.29 bits per heavy atom. The van der Waals surface area contributed by atoms with Crippen molar-refractivity contribution in [3.8, 4) is 5.75 Å². The Balaban J connectivity index is 2.59. The molecule has 17 heavy (non-hydrogen) atoms. The van der Waals surface area contributed by atoms with Gasteiger partial charge in [-0.2, -0.15) is 0 Å². The summed E-state index contributed by atoms with van der Waals surface area (Å²) in [5.74, 6) is 1.38. The third kappa shape index (κ3) is 4.57. The van der Waals surface area contributed by atoms with Gasteiger partial charge in [0.1, 0.15) is 5.75 Å². The fraction of sp³-hybridized carbons (Fsp3) is 0.571. The monoisotopic (exact) mass is 255 g/mol. The van der Waals surface area contributed by atoms with E-state index < -0.39 is 0 Å². The summed E-state index contributed by atoms with van der Waals surface area (Å²) < 4.78 is 5.75. The maximum Gasteiger partial charge on any atom is 0.137 e. The van der Waals surface area contributed by atoms with Crippen molar-refractivity contribution in [2.75, 3.05) is 13.2 Å². The second-order valence-corrected chi connectivity index (χ2v) is 4.70. The van der Waals surface area contributed by atoms with E-state index in [4.69, 9.17) is 22.1 Å². The second kappa shape index (κ2) is 7.57. The maximum absolute atomic E-state index is 6.17. The first kappa shape index (κ1) is 14.3. The summed E-state index contributed by atoms with van der Waals surface area (Å²) in [6.07, 6.45) is 3.13. The van der Waals surface area contributed by atoms with Crippen LogP contribution in [0.1, 0.15) is 32.3 Å². The van der Waals surface area contributed by atoms with E-state index in [1.165, 1.54) is 0 Å². The Bertz CT molecular complexity index is 337. The van der Waals surface area contributed by atoms with Gasteiger partial charge in [-0.1, -0.05) is 44.4 Å². The Morgan fingerprint density at radius 3 is 2.53 bits per heavy atom. The van der Waals surface area contributed by atoms with Crippen LogP contribution < -0.4 is 10.5 Å². The first-order chi connectivity index (χ1) is 8.21. The molecule has 0 saturated carbocycles. The third-order valence-corrected chi connectivity index (χ3v) is 3.35. The van der Waals surface area contributed by atoms with Crippen molar-refractivity contribution in [2.45, 2.75) is 33.1 Å². The summed E-state index contributed by atoms with van der Waals surface area (Å²) in [7, 11) is 0. The molecule has 0 bridgehead atoms. The summed E-state index contributed by atoms with van der Waals surface area (Å²) in [4.78, 5) is 0. The Kier molecular flexibility index (Phi) is 6.38. The molecule has 2 nitrogen and oxygen atoms in total. The molecule has 0 fully saturated rings. The minimum absolute atomic E-state index is 0.606. The number of hydrogen-bond donors (Lipinski definition) is 1. The van der Waals surface area contributed by atoms with Gasteiger partial charge in [0.25, 0.3) is 0 Å². The van der Waals surface area contributed by atoms with E-state index in [0.29, 0.717) is 17.5 Å². The minimum Gasteiger partial charge on any atom is -0.492 e. The fourth-order valence-electron chi connectivity index (χ4n) is 1.72. The van der Waals surface area contributed by atoms with Gasteiger partial charge in [-0.3, -0.25) is 0 Å². The highest BCUT2D eigenvalue weighted by molar-refractivity contribution is 6.32. The average molecular weight is 256 g/mol. The van der Waals surface area contributed by atoms with E-state index >= 15 is 0 Å². The van der Waals surface area contributed by atoms with Gasteiger partial charge < -0.3 is 10.5 Å². The number of halogens is 1. The SMILES string of the molecule is CCC(CC)COc1ccc(CCN)cc1Cl. The molecule has 0 spiro atoms. The van der Waals surface area contributed by atoms with Crippen molar-refractivity contribution in [3.63, 3.8) is 0 Å². The summed E-state index contributed by atoms with van der Waals surface area (Å²) in [6.45, 7) is 5.75. The molecule has 0 unspecified atom stereocenters. The summed E-state index contributed by atoms with van der Waals surface area (Å²) in [5.41, 5.74) is 6.67. The van der Waals surface area contributed by atoms with E-state index in [-0.39, 0.29) is 0 Å². The summed E-state index contributed by atoms with van der Waals surface area (Å²) >= 11 is 6.17. The molecule has 3 heteroatoms. The molecule has 96 valence electrons. The molecule has 0 saturated heterocycles. The number of ether oxygens (including phenoxy) is 1. The lowest BCUT2D eigenvalue weighted by Crippen LogP contribution is -2.10. The van der Waals surface area contributed by atoms with Gasteiger partial charge in [0, 0.05) is 0 Å². The first-order valence-corrected chi connectivity index (χ1v) is 6.70. The lowest BCUT2D eigenvalue weighted by atomic mass is 10.1. The molecular formula is C14H22ClNO. The van der Waals surface area contributed by atoms with Crippen LogP contribution in [0.2, 0.25) is 5.02 Å². The normalized spacial score (nSPS) is 10.9. The van der Waals surface area contributed by atoms with E-state index in [0.717, 1.165) is 37.2 Å². The van der Waals surface area contributed by atoms with Gasteiger partial charge in [0.15, 0.2) is 0 Å². The van der Waals surface area contributed by atoms with Crippen LogP contribution in [0.25, 0.3) is 0 Å². The van der Waals surface area contributed by atoms with Crippen molar-refractivity contribution < 1.29 is 4.74 Å². The van der Waals surface area contributed by atoms with E-state index in [2.05, 4.69) is 13.8 Å². The molecule has 0 heterocycles. The summed E-state index contributed by atoms with van der Waals surface area (Å²) in [5, 5.41) is 0.682. The zero-order valence-corrected chi connectivity index (χ0v) is 11.5. The molecule has 0 atom stereocenters. The zero-order valence-electron chi connectivity index (χ0n) is 10.7. The number of nitrogens with two attached hydrogens (primary N) is 1. The van der Waals surface area contributed by atoms with Crippen molar-refractivity contribution >= 4 is 11.6 Å². The highest BCUT2D eigenvalue weighted by atomic mass is 35.5. The van der Waals surface area contributed by atoms with Crippen molar-refractivity contribution in [1.82, 2.24) is 0 Å². The first-order valence-electron chi connectivity index (χ1n) is 6.32. The Hall–Kier alpha value is -0.730. The second-order valence-electron chi connectivity index (χ2n) is 4.30. The minimum atomic E-state index is 0.606. The number of benzene rings is 1. The molecule has 0 radical (unpaired) electrons. The lowest BCUT2D eigenvalue weighted by molar-refractivity contribution is 0.240. The van der Waals surface area contributed by atoms with Gasteiger partial charge in [0.05, 0.1) is 11.6 Å². The Morgan fingerprint density at radius 2 is 2.00 bits per heavy atom. The molecule has 1 aromatic carbocycles. The summed E-state index contributed by atoms with van der Waals surface area (Å²) in [6, 6.07) is 5.91. The standard InChI is InChI=1S/C14H22ClNO/c1-3-11(4-2)10-17-14-6-5-12(7-8-16)9-13(14)15/h5-6,9,11H,3-4,7-8,10,16H2,1-2H3. The van der Waals surface area contributed by atoms with Gasteiger partial charge in [0.2, 0.25) is 0 Å². The maximum atomic E-state index is 6.17. The van der Waals surface area contributed by atoms with Crippen LogP contribution in [0.3, 0.4) is 0 Å². The van der Waals surface area contributed by atoms with E-state index in [1.807, 2.05) is 18.2 Å². The van der Waals surface area contributed by atoms with Crippen molar-refractivity contribution in [1.29, 1.82) is 0 Å². The van der Waals surface area contributed by atoms with Crippen molar-refractivity contribution in [3.05, 3.63) is 28.8 Å². The lowest BCUT2D eigenvalue weighted by Gasteiger charge is -2.15. The highest BCUT2D eigenvalue weighted by Crippen LogP contribution is 2.26. The van der Waals surface area contributed by atoms with E-state index in [1.54, 1.807) is 0 Å².